The van der Waals surface area contributed by atoms with E-state index in [1.165, 1.54) is 4.90 Å². The van der Waals surface area contributed by atoms with Crippen molar-refractivity contribution in [2.75, 3.05) is 20.1 Å². The number of amides is 1. The van der Waals surface area contributed by atoms with Gasteiger partial charge in [0, 0.05) is 58.3 Å². The molecule has 1 aromatic carbocycles. The van der Waals surface area contributed by atoms with Crippen molar-refractivity contribution in [3.8, 4) is 0 Å². The second kappa shape index (κ2) is 8.99. The van der Waals surface area contributed by atoms with Crippen LogP contribution >= 0.6 is 0 Å². The second-order valence-electron chi connectivity index (χ2n) is 8.44. The van der Waals surface area contributed by atoms with Gasteiger partial charge in [-0.1, -0.05) is 17.3 Å². The molecule has 4 rings (SSSR count). The average molecular weight is 497 g/mol. The Morgan fingerprint density at radius 3 is 2.59 bits per heavy atom. The van der Waals surface area contributed by atoms with Gasteiger partial charge < -0.3 is 9.74 Å². The first-order chi connectivity index (χ1) is 16.0. The molecule has 8 nitrogen and oxygen atoms in total. The highest BCUT2D eigenvalue weighted by molar-refractivity contribution is 7.89. The number of aromatic nitrogens is 1. The quantitative estimate of drug-likeness (QED) is 0.635. The van der Waals surface area contributed by atoms with Crippen molar-refractivity contribution in [1.29, 1.82) is 0 Å². The van der Waals surface area contributed by atoms with Gasteiger partial charge in [0.05, 0.1) is 10.5 Å². The highest BCUT2D eigenvalue weighted by atomic mass is 32.2. The third-order valence-electron chi connectivity index (χ3n) is 6.01. The van der Waals surface area contributed by atoms with Crippen LogP contribution in [0, 0.1) is 0 Å². The molecule has 1 aromatic heterocycles. The lowest BCUT2D eigenvalue weighted by molar-refractivity contribution is -0.137. The van der Waals surface area contributed by atoms with E-state index in [1.54, 1.807) is 25.5 Å². The number of sulfonamides is 1. The van der Waals surface area contributed by atoms with Crippen molar-refractivity contribution < 1.29 is 31.2 Å². The summed E-state index contributed by atoms with van der Waals surface area (Å²) in [5, 5.41) is 3.98. The van der Waals surface area contributed by atoms with Crippen LogP contribution in [0.15, 0.2) is 58.8 Å². The molecule has 0 unspecified atom stereocenters. The number of piperidine rings is 1. The minimum Gasteiger partial charge on any atom is -0.388 e. The van der Waals surface area contributed by atoms with Crippen molar-refractivity contribution in [2.45, 2.75) is 42.5 Å². The number of benzene rings is 1. The molecule has 3 heterocycles. The molecule has 2 aromatic rings. The third kappa shape index (κ3) is 4.92. The van der Waals surface area contributed by atoms with Gasteiger partial charge in [0.2, 0.25) is 10.0 Å². The van der Waals surface area contributed by atoms with Gasteiger partial charge >= 0.3 is 6.18 Å². The molecule has 1 saturated heterocycles. The molecule has 0 saturated carbocycles. The molecule has 0 N–H and O–H groups in total. The number of nitrogens with zero attached hydrogens (tertiary/aromatic N) is 4. The molecule has 1 spiro atoms. The van der Waals surface area contributed by atoms with Crippen molar-refractivity contribution >= 4 is 21.6 Å². The summed E-state index contributed by atoms with van der Waals surface area (Å²) >= 11 is 0. The highest BCUT2D eigenvalue weighted by Gasteiger charge is 2.46. The summed E-state index contributed by atoms with van der Waals surface area (Å²) in [6.45, 7) is 0.434. The monoisotopic (exact) mass is 496 g/mol. The van der Waals surface area contributed by atoms with Crippen LogP contribution in [0.3, 0.4) is 0 Å². The predicted molar refractivity (Wildman–Crippen MR) is 116 cm³/mol. The second-order valence-corrected chi connectivity index (χ2v) is 10.4. The summed E-state index contributed by atoms with van der Waals surface area (Å²) in [7, 11) is -2.46. The van der Waals surface area contributed by atoms with E-state index in [9.17, 15) is 26.4 Å². The topological polar surface area (TPSA) is 92.2 Å². The number of alkyl halides is 3. The number of pyridine rings is 1. The summed E-state index contributed by atoms with van der Waals surface area (Å²) in [5.41, 5.74) is -0.714. The maximum Gasteiger partial charge on any atom is 0.416 e. The zero-order valence-electron chi connectivity index (χ0n) is 18.3. The minimum absolute atomic E-state index is 0.0428. The summed E-state index contributed by atoms with van der Waals surface area (Å²) in [6, 6.07) is 7.33. The number of oxime groups is 1. The molecule has 2 aliphatic rings. The first kappa shape index (κ1) is 24.1. The van der Waals surface area contributed by atoms with Crippen LogP contribution < -0.4 is 0 Å². The summed E-state index contributed by atoms with van der Waals surface area (Å²) in [5.74, 6) is -0.292. The fraction of sp³-hybridized carbons (Fsp3) is 0.409. The molecule has 182 valence electrons. The minimum atomic E-state index is -4.64. The Hall–Kier alpha value is -2.99. The van der Waals surface area contributed by atoms with Crippen LogP contribution in [0.2, 0.25) is 0 Å². The van der Waals surface area contributed by atoms with Gasteiger partial charge in [-0.3, -0.25) is 9.78 Å². The fourth-order valence-corrected chi connectivity index (χ4v) is 5.57. The maximum atomic E-state index is 13.0. The Balaban J connectivity index is 1.38. The van der Waals surface area contributed by atoms with Crippen LogP contribution in [-0.2, 0) is 32.4 Å². The molecule has 0 aliphatic carbocycles. The largest absolute Gasteiger partial charge is 0.416 e. The summed E-state index contributed by atoms with van der Waals surface area (Å²) in [4.78, 5) is 23.5. The van der Waals surface area contributed by atoms with Crippen molar-refractivity contribution in [2.24, 2.45) is 5.16 Å². The molecular formula is C22H23F3N4O4S. The maximum absolute atomic E-state index is 13.0. The number of carbonyl (C=O) groups is 1. The van der Waals surface area contributed by atoms with Gasteiger partial charge in [-0.25, -0.2) is 8.42 Å². The van der Waals surface area contributed by atoms with Crippen molar-refractivity contribution in [3.05, 3.63) is 59.9 Å². The van der Waals surface area contributed by atoms with Crippen LogP contribution in [0.25, 0.3) is 0 Å². The lowest BCUT2D eigenvalue weighted by Crippen LogP contribution is -2.47. The van der Waals surface area contributed by atoms with E-state index in [0.29, 0.717) is 12.6 Å². The van der Waals surface area contributed by atoms with Gasteiger partial charge in [0.1, 0.15) is 11.3 Å². The molecular weight excluding hydrogens is 473 g/mol. The number of carbonyl (C=O) groups excluding carboxylic acids is 1. The molecule has 34 heavy (non-hydrogen) atoms. The van der Waals surface area contributed by atoms with Gasteiger partial charge in [-0.05, 0) is 29.8 Å². The molecule has 1 fully saturated rings. The van der Waals surface area contributed by atoms with Crippen molar-refractivity contribution in [1.82, 2.24) is 14.2 Å². The highest BCUT2D eigenvalue weighted by Crippen LogP contribution is 2.37. The summed E-state index contributed by atoms with van der Waals surface area (Å²) < 4.78 is 66.0. The normalized spacial score (nSPS) is 18.4. The van der Waals surface area contributed by atoms with E-state index in [0.717, 1.165) is 28.1 Å². The van der Waals surface area contributed by atoms with E-state index in [1.807, 2.05) is 6.07 Å². The van der Waals surface area contributed by atoms with Crippen LogP contribution in [0.5, 0.6) is 0 Å². The molecule has 12 heteroatoms. The fourth-order valence-electron chi connectivity index (χ4n) is 4.08. The standard InChI is InChI=1S/C22H23F3N4O4S/c1-28(15-16-4-3-9-26-14-16)20(30)19-13-21(33-27-19)7-10-29(11-8-21)34(31,32)18-6-2-5-17(12-18)22(23,24)25/h2-6,9,12,14H,7-8,10-11,13,15H2,1H3. The third-order valence-corrected chi connectivity index (χ3v) is 7.90. The Kier molecular flexibility index (Phi) is 6.38. The van der Waals surface area contributed by atoms with Gasteiger partial charge in [-0.15, -0.1) is 0 Å². The SMILES string of the molecule is CN(Cc1cccnc1)C(=O)C1=NOC2(CCN(S(=O)(=O)c3cccc(C(F)(F)F)c3)CC2)C1. The van der Waals surface area contributed by atoms with E-state index in [2.05, 4.69) is 10.1 Å². The first-order valence-corrected chi connectivity index (χ1v) is 12.0. The predicted octanol–water partition coefficient (Wildman–Crippen LogP) is 3.06. The van der Waals surface area contributed by atoms with Crippen LogP contribution in [-0.4, -0.2) is 60.0 Å². The van der Waals surface area contributed by atoms with E-state index >= 15 is 0 Å². The van der Waals surface area contributed by atoms with Gasteiger partial charge in [0.15, 0.2) is 0 Å². The van der Waals surface area contributed by atoms with E-state index in [4.69, 9.17) is 4.84 Å². The number of rotatable bonds is 5. The number of hydrogen-bond acceptors (Lipinski definition) is 6. The van der Waals surface area contributed by atoms with Crippen LogP contribution in [0.4, 0.5) is 13.2 Å². The van der Waals surface area contributed by atoms with Gasteiger partial charge in [0.25, 0.3) is 5.91 Å². The Morgan fingerprint density at radius 1 is 1.21 bits per heavy atom. The average Bonchev–Trinajstić information content (AvgIpc) is 3.22. The molecule has 2 aliphatic heterocycles. The van der Waals surface area contributed by atoms with E-state index in [-0.39, 0.29) is 44.0 Å². The van der Waals surface area contributed by atoms with E-state index < -0.39 is 32.3 Å². The Labute approximate surface area is 195 Å². The first-order valence-electron chi connectivity index (χ1n) is 10.6. The molecule has 0 bridgehead atoms. The number of hydrogen-bond donors (Lipinski definition) is 0. The van der Waals surface area contributed by atoms with Crippen LogP contribution in [0.1, 0.15) is 30.4 Å². The lowest BCUT2D eigenvalue weighted by Gasteiger charge is -2.36. The number of halogens is 3. The molecule has 0 atom stereocenters. The van der Waals surface area contributed by atoms with Crippen molar-refractivity contribution in [3.63, 3.8) is 0 Å². The summed E-state index contributed by atoms with van der Waals surface area (Å²) in [6.07, 6.45) is -0.571. The molecule has 0 radical (unpaired) electrons. The lowest BCUT2D eigenvalue weighted by atomic mass is 9.87. The Bertz CT molecular complexity index is 1190. The molecule has 1 amide bonds. The van der Waals surface area contributed by atoms with Gasteiger partial charge in [-0.2, -0.15) is 17.5 Å². The Morgan fingerprint density at radius 2 is 1.94 bits per heavy atom. The zero-order valence-corrected chi connectivity index (χ0v) is 19.1. The zero-order chi connectivity index (χ0) is 24.6. The smallest absolute Gasteiger partial charge is 0.388 e.